The lowest BCUT2D eigenvalue weighted by Gasteiger charge is -2.39. The molecule has 2 saturated heterocycles. The lowest BCUT2D eigenvalue weighted by Crippen LogP contribution is -2.52. The number of halogens is 1. The number of amides is 1. The second-order valence-corrected chi connectivity index (χ2v) is 8.07. The quantitative estimate of drug-likeness (QED) is 0.766. The van der Waals surface area contributed by atoms with E-state index >= 15 is 0 Å². The lowest BCUT2D eigenvalue weighted by molar-refractivity contribution is -0.139. The van der Waals surface area contributed by atoms with Crippen molar-refractivity contribution in [2.24, 2.45) is 5.92 Å². The highest BCUT2D eigenvalue weighted by Crippen LogP contribution is 2.22. The van der Waals surface area contributed by atoms with Gasteiger partial charge in [0.25, 0.3) is 0 Å². The van der Waals surface area contributed by atoms with Crippen molar-refractivity contribution in [1.82, 2.24) is 19.3 Å². The summed E-state index contributed by atoms with van der Waals surface area (Å²) < 4.78 is 2.31. The van der Waals surface area contributed by atoms with Crippen LogP contribution in [0.5, 0.6) is 0 Å². The Hall–Kier alpha value is -1.56. The van der Waals surface area contributed by atoms with Crippen LogP contribution >= 0.6 is 12.4 Å². The summed E-state index contributed by atoms with van der Waals surface area (Å²) in [5, 5.41) is 1.28. The van der Waals surface area contributed by atoms with E-state index in [1.807, 2.05) is 0 Å². The molecule has 4 rings (SSSR count). The average molecular weight is 405 g/mol. The molecule has 0 spiro atoms. The van der Waals surface area contributed by atoms with Crippen molar-refractivity contribution in [1.29, 1.82) is 0 Å². The SMILES string of the molecule is CCCN1CCN(C(=O)C2CCCN(Cn3ccc4ccccc43)C2)CC1.Cl. The van der Waals surface area contributed by atoms with E-state index in [4.69, 9.17) is 0 Å². The number of fused-ring (bicyclic) bond motifs is 1. The summed E-state index contributed by atoms with van der Waals surface area (Å²) in [7, 11) is 0. The van der Waals surface area contributed by atoms with E-state index in [2.05, 4.69) is 62.7 Å². The van der Waals surface area contributed by atoms with Crippen LogP contribution in [0.15, 0.2) is 36.5 Å². The molecule has 2 aromatic rings. The fourth-order valence-corrected chi connectivity index (χ4v) is 4.63. The van der Waals surface area contributed by atoms with Crippen molar-refractivity contribution in [2.45, 2.75) is 32.9 Å². The number of carbonyl (C=O) groups excluding carboxylic acids is 1. The molecule has 1 aromatic carbocycles. The van der Waals surface area contributed by atoms with E-state index in [1.165, 1.54) is 17.3 Å². The van der Waals surface area contributed by atoms with Gasteiger partial charge >= 0.3 is 0 Å². The molecule has 28 heavy (non-hydrogen) atoms. The molecule has 2 fully saturated rings. The maximum Gasteiger partial charge on any atom is 0.227 e. The number of hydrogen-bond acceptors (Lipinski definition) is 3. The summed E-state index contributed by atoms with van der Waals surface area (Å²) in [5.74, 6) is 0.548. The van der Waals surface area contributed by atoms with Crippen LogP contribution in [0.2, 0.25) is 0 Å². The molecule has 3 heterocycles. The van der Waals surface area contributed by atoms with E-state index in [9.17, 15) is 4.79 Å². The number of nitrogens with zero attached hydrogens (tertiary/aromatic N) is 4. The fraction of sp³-hybridized carbons (Fsp3) is 0.591. The molecule has 1 unspecified atom stereocenters. The minimum Gasteiger partial charge on any atom is -0.340 e. The number of para-hydroxylation sites is 1. The van der Waals surface area contributed by atoms with Crippen LogP contribution < -0.4 is 0 Å². The average Bonchev–Trinajstić information content (AvgIpc) is 3.11. The Morgan fingerprint density at radius 3 is 2.61 bits per heavy atom. The van der Waals surface area contributed by atoms with Crippen molar-refractivity contribution in [3.8, 4) is 0 Å². The summed E-state index contributed by atoms with van der Waals surface area (Å²) in [6, 6.07) is 10.7. The van der Waals surface area contributed by atoms with Gasteiger partial charge in [0.05, 0.1) is 12.6 Å². The Morgan fingerprint density at radius 2 is 1.82 bits per heavy atom. The first-order valence-corrected chi connectivity index (χ1v) is 10.5. The Labute approximate surface area is 174 Å². The van der Waals surface area contributed by atoms with Gasteiger partial charge < -0.3 is 9.47 Å². The molecule has 0 radical (unpaired) electrons. The smallest absolute Gasteiger partial charge is 0.227 e. The zero-order valence-electron chi connectivity index (χ0n) is 16.9. The third-order valence-electron chi connectivity index (χ3n) is 6.11. The Kier molecular flexibility index (Phi) is 7.38. The second-order valence-electron chi connectivity index (χ2n) is 8.07. The van der Waals surface area contributed by atoms with Crippen molar-refractivity contribution in [3.05, 3.63) is 36.5 Å². The maximum atomic E-state index is 13.1. The van der Waals surface area contributed by atoms with Gasteiger partial charge in [-0.1, -0.05) is 25.1 Å². The molecule has 2 aliphatic rings. The zero-order valence-corrected chi connectivity index (χ0v) is 17.7. The molecule has 1 amide bonds. The molecule has 6 heteroatoms. The second kappa shape index (κ2) is 9.77. The number of hydrogen-bond donors (Lipinski definition) is 0. The summed E-state index contributed by atoms with van der Waals surface area (Å²) in [6.45, 7) is 10.1. The van der Waals surface area contributed by atoms with Gasteiger partial charge in [-0.25, -0.2) is 0 Å². The molecule has 1 atom stereocenters. The highest BCUT2D eigenvalue weighted by molar-refractivity contribution is 5.85. The minimum absolute atomic E-state index is 0. The van der Waals surface area contributed by atoms with E-state index in [0.717, 1.165) is 65.3 Å². The van der Waals surface area contributed by atoms with Crippen LogP contribution in [0.1, 0.15) is 26.2 Å². The first kappa shape index (κ1) is 21.2. The van der Waals surface area contributed by atoms with Gasteiger partial charge in [0, 0.05) is 44.4 Å². The molecule has 0 N–H and O–H groups in total. The molecule has 0 bridgehead atoms. The van der Waals surface area contributed by atoms with Gasteiger partial charge in [0.15, 0.2) is 0 Å². The highest BCUT2D eigenvalue weighted by atomic mass is 35.5. The number of rotatable bonds is 5. The van der Waals surface area contributed by atoms with Gasteiger partial charge in [-0.3, -0.25) is 14.6 Å². The van der Waals surface area contributed by atoms with Crippen LogP contribution in [0.3, 0.4) is 0 Å². The van der Waals surface area contributed by atoms with Crippen LogP contribution in [-0.2, 0) is 11.5 Å². The number of benzene rings is 1. The molecule has 0 saturated carbocycles. The van der Waals surface area contributed by atoms with E-state index in [0.29, 0.717) is 5.91 Å². The van der Waals surface area contributed by atoms with Crippen LogP contribution in [0.25, 0.3) is 10.9 Å². The number of carbonyl (C=O) groups is 1. The van der Waals surface area contributed by atoms with Crippen LogP contribution in [0, 0.1) is 5.92 Å². The summed E-state index contributed by atoms with van der Waals surface area (Å²) in [5.41, 5.74) is 1.28. The summed E-state index contributed by atoms with van der Waals surface area (Å²) >= 11 is 0. The van der Waals surface area contributed by atoms with Gasteiger partial charge in [-0.05, 0) is 49.9 Å². The first-order valence-electron chi connectivity index (χ1n) is 10.5. The largest absolute Gasteiger partial charge is 0.340 e. The molecule has 1 aromatic heterocycles. The first-order chi connectivity index (χ1) is 13.2. The van der Waals surface area contributed by atoms with Crippen LogP contribution in [-0.4, -0.2) is 71.0 Å². The monoisotopic (exact) mass is 404 g/mol. The van der Waals surface area contributed by atoms with Gasteiger partial charge in [0.1, 0.15) is 0 Å². The van der Waals surface area contributed by atoms with Crippen molar-refractivity contribution >= 4 is 29.2 Å². The molecule has 154 valence electrons. The Morgan fingerprint density at radius 1 is 1.04 bits per heavy atom. The Balaban J connectivity index is 0.00000225. The third kappa shape index (κ3) is 4.70. The van der Waals surface area contributed by atoms with Gasteiger partial charge in [-0.2, -0.15) is 0 Å². The number of piperidine rings is 1. The lowest BCUT2D eigenvalue weighted by atomic mass is 9.96. The standard InChI is InChI=1S/C22H32N4O.ClH/c1-2-10-23-13-15-25(16-14-23)22(27)20-7-5-11-24(17-20)18-26-12-9-19-6-3-4-8-21(19)26;/h3-4,6,8-9,12,20H,2,5,7,10-11,13-18H2,1H3;1H. The highest BCUT2D eigenvalue weighted by Gasteiger charge is 2.31. The van der Waals surface area contributed by atoms with E-state index in [1.54, 1.807) is 0 Å². The van der Waals surface area contributed by atoms with Gasteiger partial charge in [-0.15, -0.1) is 12.4 Å². The molecular formula is C22H33ClN4O. The predicted octanol–water partition coefficient (Wildman–Crippen LogP) is 3.29. The van der Waals surface area contributed by atoms with E-state index in [-0.39, 0.29) is 18.3 Å². The minimum atomic E-state index is 0. The number of likely N-dealkylation sites (tertiary alicyclic amines) is 1. The summed E-state index contributed by atoms with van der Waals surface area (Å²) in [6.07, 6.45) is 5.52. The topological polar surface area (TPSA) is 31.7 Å². The van der Waals surface area contributed by atoms with Crippen molar-refractivity contribution < 1.29 is 4.79 Å². The van der Waals surface area contributed by atoms with Crippen LogP contribution in [0.4, 0.5) is 0 Å². The normalized spacial score (nSPS) is 21.6. The predicted molar refractivity (Wildman–Crippen MR) is 117 cm³/mol. The fourth-order valence-electron chi connectivity index (χ4n) is 4.63. The zero-order chi connectivity index (χ0) is 18.6. The number of piperazine rings is 1. The molecular weight excluding hydrogens is 372 g/mol. The third-order valence-corrected chi connectivity index (χ3v) is 6.11. The molecule has 2 aliphatic heterocycles. The molecule has 5 nitrogen and oxygen atoms in total. The Bertz CT molecular complexity index is 769. The van der Waals surface area contributed by atoms with Crippen molar-refractivity contribution in [3.63, 3.8) is 0 Å². The molecule has 0 aliphatic carbocycles. The summed E-state index contributed by atoms with van der Waals surface area (Å²) in [4.78, 5) is 20.1. The maximum absolute atomic E-state index is 13.1. The van der Waals surface area contributed by atoms with Crippen molar-refractivity contribution in [2.75, 3.05) is 45.8 Å². The number of aromatic nitrogens is 1. The van der Waals surface area contributed by atoms with E-state index < -0.39 is 0 Å². The van der Waals surface area contributed by atoms with Gasteiger partial charge in [0.2, 0.25) is 5.91 Å².